The second-order valence-electron chi connectivity index (χ2n) is 2.42. The average molecular weight is 158 g/mol. The molecular weight excluding hydrogens is 148 g/mol. The second kappa shape index (κ2) is 3.24. The molecule has 1 rings (SSSR count). The Kier molecular flexibility index (Phi) is 2.55. The maximum atomic E-state index is 10.6. The van der Waals surface area contributed by atoms with Gasteiger partial charge in [0.15, 0.2) is 0 Å². The van der Waals surface area contributed by atoms with Gasteiger partial charge < -0.3 is 4.55 Å². The third-order valence-electron chi connectivity index (χ3n) is 1.53. The first-order chi connectivity index (χ1) is 4.74. The number of hydrogen-bond donors (Lipinski definition) is 0. The van der Waals surface area contributed by atoms with Crippen LogP contribution in [-0.4, -0.2) is 40.6 Å². The first kappa shape index (κ1) is 7.86. The summed E-state index contributed by atoms with van der Waals surface area (Å²) in [4.78, 5) is 2.02. The normalized spacial score (nSPS) is 32.9. The molecule has 0 saturated carbocycles. The van der Waals surface area contributed by atoms with E-state index in [4.69, 9.17) is 5.26 Å². The summed E-state index contributed by atoms with van der Waals surface area (Å²) in [7, 11) is 0. The molecule has 4 heteroatoms. The molecule has 0 spiro atoms. The molecule has 0 aromatic carbocycles. The fourth-order valence-corrected chi connectivity index (χ4v) is 1.28. The molecule has 0 N–H and O–H groups in total. The minimum absolute atomic E-state index is 0.114. The van der Waals surface area contributed by atoms with Crippen molar-refractivity contribution in [1.29, 1.82) is 5.26 Å². The maximum Gasteiger partial charge on any atom is 0.118 e. The Morgan fingerprint density at radius 1 is 1.90 bits per heavy atom. The lowest BCUT2D eigenvalue weighted by atomic mass is 10.5. The molecule has 10 heavy (non-hydrogen) atoms. The van der Waals surface area contributed by atoms with Gasteiger partial charge in [0.25, 0.3) is 0 Å². The molecule has 1 heterocycles. The van der Waals surface area contributed by atoms with Crippen molar-refractivity contribution >= 4 is 11.2 Å². The van der Waals surface area contributed by atoms with Gasteiger partial charge in [-0.1, -0.05) is 11.2 Å². The molecule has 0 aromatic heterocycles. The standard InChI is InChI=1S/C6H10N2OS/c1-10(9)3-2-8-5-6(8)4-7/h6H,2-3,5H2,1H3. The molecule has 3 nitrogen and oxygen atoms in total. The Morgan fingerprint density at radius 3 is 3.00 bits per heavy atom. The smallest absolute Gasteiger partial charge is 0.118 e. The Bertz CT molecular complexity index is 154. The quantitative estimate of drug-likeness (QED) is 0.414. The second-order valence-corrected chi connectivity index (χ2v) is 3.97. The van der Waals surface area contributed by atoms with Crippen LogP contribution in [0, 0.1) is 11.3 Å². The van der Waals surface area contributed by atoms with Crippen molar-refractivity contribution in [1.82, 2.24) is 4.90 Å². The van der Waals surface area contributed by atoms with E-state index in [0.717, 1.165) is 13.1 Å². The molecule has 56 valence electrons. The highest BCUT2D eigenvalue weighted by Gasteiger charge is 2.33. The zero-order valence-corrected chi connectivity index (χ0v) is 6.73. The molecule has 3 atom stereocenters. The molecule has 1 aliphatic heterocycles. The fraction of sp³-hybridized carbons (Fsp3) is 0.833. The van der Waals surface area contributed by atoms with E-state index in [1.54, 1.807) is 6.26 Å². The first-order valence-electron chi connectivity index (χ1n) is 3.17. The molecule has 1 aliphatic rings. The topological polar surface area (TPSA) is 49.9 Å². The van der Waals surface area contributed by atoms with Gasteiger partial charge >= 0.3 is 0 Å². The summed E-state index contributed by atoms with van der Waals surface area (Å²) in [5.74, 6) is 0.693. The van der Waals surface area contributed by atoms with Crippen molar-refractivity contribution in [2.75, 3.05) is 25.1 Å². The van der Waals surface area contributed by atoms with Crippen LogP contribution in [0.3, 0.4) is 0 Å². The van der Waals surface area contributed by atoms with Gasteiger partial charge in [-0.15, -0.1) is 0 Å². The summed E-state index contributed by atoms with van der Waals surface area (Å²) < 4.78 is 10.6. The predicted molar refractivity (Wildman–Crippen MR) is 39.9 cm³/mol. The fourth-order valence-electron chi connectivity index (χ4n) is 0.790. The van der Waals surface area contributed by atoms with Crippen molar-refractivity contribution in [2.24, 2.45) is 0 Å². The zero-order valence-electron chi connectivity index (χ0n) is 5.91. The lowest BCUT2D eigenvalue weighted by Crippen LogP contribution is -2.14. The van der Waals surface area contributed by atoms with Crippen LogP contribution in [-0.2, 0) is 11.2 Å². The van der Waals surface area contributed by atoms with Gasteiger partial charge in [-0.25, -0.2) is 0 Å². The van der Waals surface area contributed by atoms with E-state index in [-0.39, 0.29) is 6.04 Å². The number of nitrogens with zero attached hydrogens (tertiary/aromatic N) is 2. The van der Waals surface area contributed by atoms with Gasteiger partial charge in [-0.05, 0) is 0 Å². The van der Waals surface area contributed by atoms with Crippen LogP contribution in [0.25, 0.3) is 0 Å². The van der Waals surface area contributed by atoms with E-state index in [2.05, 4.69) is 6.07 Å². The van der Waals surface area contributed by atoms with Gasteiger partial charge in [-0.3, -0.25) is 4.90 Å². The molecule has 1 saturated heterocycles. The number of rotatable bonds is 3. The van der Waals surface area contributed by atoms with Gasteiger partial charge in [-0.2, -0.15) is 5.26 Å². The molecule has 0 radical (unpaired) electrons. The first-order valence-corrected chi connectivity index (χ1v) is 4.90. The SMILES string of the molecule is C[S+]([O-])CCN1CC1C#N. The van der Waals surface area contributed by atoms with Crippen LogP contribution in [0.1, 0.15) is 0 Å². The lowest BCUT2D eigenvalue weighted by molar-refractivity contribution is 0.551. The molecule has 0 aliphatic carbocycles. The van der Waals surface area contributed by atoms with Crippen molar-refractivity contribution in [3.63, 3.8) is 0 Å². The Morgan fingerprint density at radius 2 is 2.60 bits per heavy atom. The monoisotopic (exact) mass is 158 g/mol. The Balaban J connectivity index is 2.03. The minimum atomic E-state index is -0.714. The van der Waals surface area contributed by atoms with E-state index >= 15 is 0 Å². The van der Waals surface area contributed by atoms with Crippen molar-refractivity contribution in [3.8, 4) is 6.07 Å². The summed E-state index contributed by atoms with van der Waals surface area (Å²) in [5, 5.41) is 8.37. The van der Waals surface area contributed by atoms with Crippen LogP contribution in [0.5, 0.6) is 0 Å². The van der Waals surface area contributed by atoms with Crippen LogP contribution >= 0.6 is 0 Å². The maximum absolute atomic E-state index is 10.6. The van der Waals surface area contributed by atoms with Gasteiger partial charge in [0.05, 0.1) is 12.3 Å². The van der Waals surface area contributed by atoms with Crippen LogP contribution < -0.4 is 0 Å². The van der Waals surface area contributed by atoms with E-state index in [0.29, 0.717) is 5.75 Å². The number of hydrogen-bond acceptors (Lipinski definition) is 3. The van der Waals surface area contributed by atoms with Crippen molar-refractivity contribution in [2.45, 2.75) is 6.04 Å². The molecule has 1 fully saturated rings. The Labute approximate surface area is 63.8 Å². The summed E-state index contributed by atoms with van der Waals surface area (Å²) in [6.45, 7) is 1.68. The summed E-state index contributed by atoms with van der Waals surface area (Å²) >= 11 is -0.714. The van der Waals surface area contributed by atoms with Crippen molar-refractivity contribution in [3.05, 3.63) is 0 Å². The van der Waals surface area contributed by atoms with Gasteiger partial charge in [0, 0.05) is 13.1 Å². The molecule has 3 unspecified atom stereocenters. The van der Waals surface area contributed by atoms with E-state index in [9.17, 15) is 4.55 Å². The summed E-state index contributed by atoms with van der Waals surface area (Å²) in [6.07, 6.45) is 1.69. The van der Waals surface area contributed by atoms with E-state index in [1.807, 2.05) is 4.90 Å². The summed E-state index contributed by atoms with van der Waals surface area (Å²) in [5.41, 5.74) is 0. The molecule has 0 aromatic rings. The van der Waals surface area contributed by atoms with Crippen LogP contribution in [0.15, 0.2) is 0 Å². The highest BCUT2D eigenvalue weighted by molar-refractivity contribution is 7.90. The lowest BCUT2D eigenvalue weighted by Gasteiger charge is -2.03. The Hall–Kier alpha value is -0.240. The summed E-state index contributed by atoms with van der Waals surface area (Å²) in [6, 6.07) is 2.25. The minimum Gasteiger partial charge on any atom is -0.617 e. The molecule has 0 bridgehead atoms. The molecule has 0 amide bonds. The van der Waals surface area contributed by atoms with Crippen molar-refractivity contribution < 1.29 is 4.55 Å². The number of nitriles is 1. The highest BCUT2D eigenvalue weighted by Crippen LogP contribution is 2.14. The molecular formula is C6H10N2OS. The van der Waals surface area contributed by atoms with Gasteiger partial charge in [0.1, 0.15) is 11.8 Å². The predicted octanol–water partition coefficient (Wildman–Crippen LogP) is -0.427. The van der Waals surface area contributed by atoms with Crippen LogP contribution in [0.4, 0.5) is 0 Å². The largest absolute Gasteiger partial charge is 0.617 e. The van der Waals surface area contributed by atoms with E-state index < -0.39 is 11.2 Å². The highest BCUT2D eigenvalue weighted by atomic mass is 32.2. The third-order valence-corrected chi connectivity index (χ3v) is 2.29. The average Bonchev–Trinajstić information content (AvgIpc) is 2.61. The van der Waals surface area contributed by atoms with E-state index in [1.165, 1.54) is 0 Å². The zero-order chi connectivity index (χ0) is 7.56. The van der Waals surface area contributed by atoms with Gasteiger partial charge in [0.2, 0.25) is 0 Å². The third kappa shape index (κ3) is 2.18. The van der Waals surface area contributed by atoms with Crippen LogP contribution in [0.2, 0.25) is 0 Å².